The van der Waals surface area contributed by atoms with Crippen molar-refractivity contribution >= 4 is 17.6 Å². The number of carbonyl (C=O) groups excluding carboxylic acids is 1. The quantitative estimate of drug-likeness (QED) is 0.717. The van der Waals surface area contributed by atoms with Gasteiger partial charge in [-0.3, -0.25) is 0 Å². The molecule has 0 bridgehead atoms. The lowest BCUT2D eigenvalue weighted by Gasteiger charge is -2.39. The number of carbonyl (C=O) groups is 1. The van der Waals surface area contributed by atoms with E-state index in [2.05, 4.69) is 11.9 Å². The van der Waals surface area contributed by atoms with Gasteiger partial charge in [0.25, 0.3) is 0 Å². The lowest BCUT2D eigenvalue weighted by Crippen LogP contribution is -2.59. The van der Waals surface area contributed by atoms with Crippen molar-refractivity contribution in [3.63, 3.8) is 0 Å². The molecule has 1 atom stereocenters. The van der Waals surface area contributed by atoms with Crippen LogP contribution >= 0.6 is 11.6 Å². The fraction of sp³-hybridized carbons (Fsp3) is 0.500. The van der Waals surface area contributed by atoms with Gasteiger partial charge in [-0.1, -0.05) is 18.2 Å². The van der Waals surface area contributed by atoms with Crippen LogP contribution in [0.3, 0.4) is 0 Å². The molecule has 138 valence electrons. The smallest absolute Gasteiger partial charge is 0.317 e. The molecule has 1 fully saturated rings. The van der Waals surface area contributed by atoms with Crippen molar-refractivity contribution in [3.8, 4) is 5.75 Å². The van der Waals surface area contributed by atoms with Crippen LogP contribution in [-0.4, -0.2) is 68.3 Å². The van der Waals surface area contributed by atoms with Gasteiger partial charge in [0.15, 0.2) is 0 Å². The number of nitrogens with zero attached hydrogens (tertiary/aromatic N) is 2. The van der Waals surface area contributed by atoms with E-state index in [0.29, 0.717) is 37.0 Å². The van der Waals surface area contributed by atoms with Crippen molar-refractivity contribution in [1.82, 2.24) is 15.1 Å². The fourth-order valence-corrected chi connectivity index (χ4v) is 2.57. The summed E-state index contributed by atoms with van der Waals surface area (Å²) in [6.07, 6.45) is -0.112. The van der Waals surface area contributed by atoms with Crippen molar-refractivity contribution in [3.05, 3.63) is 41.6 Å². The Hall–Kier alpha value is -1.92. The summed E-state index contributed by atoms with van der Waals surface area (Å²) in [6, 6.07) is 7.11. The van der Waals surface area contributed by atoms with Gasteiger partial charge < -0.3 is 24.6 Å². The maximum absolute atomic E-state index is 12.1. The number of urea groups is 1. The Labute approximate surface area is 154 Å². The zero-order valence-electron chi connectivity index (χ0n) is 15.0. The number of nitrogens with one attached hydrogen (secondary N) is 1. The number of rotatable bonds is 8. The molecule has 1 heterocycles. The Bertz CT molecular complexity index is 586. The summed E-state index contributed by atoms with van der Waals surface area (Å²) in [5.41, 5.74) is 0. The number of hydrogen-bond donors (Lipinski definition) is 1. The lowest BCUT2D eigenvalue weighted by molar-refractivity contribution is 0.0424. The molecule has 1 aliphatic heterocycles. The summed E-state index contributed by atoms with van der Waals surface area (Å²) in [5.74, 6) is 1.45. The first-order valence-corrected chi connectivity index (χ1v) is 8.65. The molecule has 0 radical (unpaired) electrons. The Morgan fingerprint density at radius 2 is 2.04 bits per heavy atom. The summed E-state index contributed by atoms with van der Waals surface area (Å²) < 4.78 is 11.4. The van der Waals surface area contributed by atoms with Crippen LogP contribution in [0, 0.1) is 0 Å². The molecule has 25 heavy (non-hydrogen) atoms. The molecule has 1 aromatic rings. The van der Waals surface area contributed by atoms with E-state index in [1.165, 1.54) is 0 Å². The number of amides is 2. The minimum absolute atomic E-state index is 0.0143. The van der Waals surface area contributed by atoms with Crippen LogP contribution in [0.2, 0.25) is 5.02 Å². The second-order valence-corrected chi connectivity index (χ2v) is 6.93. The van der Waals surface area contributed by atoms with Crippen LogP contribution in [-0.2, 0) is 4.74 Å². The van der Waals surface area contributed by atoms with Crippen LogP contribution in [0.25, 0.3) is 0 Å². The second-order valence-electron chi connectivity index (χ2n) is 6.49. The van der Waals surface area contributed by atoms with Crippen molar-refractivity contribution in [2.24, 2.45) is 0 Å². The highest BCUT2D eigenvalue weighted by molar-refractivity contribution is 6.30. The van der Waals surface area contributed by atoms with E-state index >= 15 is 0 Å². The third-order valence-electron chi connectivity index (χ3n) is 3.65. The molecule has 7 heteroatoms. The first-order valence-electron chi connectivity index (χ1n) is 8.27. The molecule has 2 amide bonds. The average Bonchev–Trinajstić information content (AvgIpc) is 2.49. The number of likely N-dealkylation sites (N-methyl/N-ethyl adjacent to an activating group) is 1. The van der Waals surface area contributed by atoms with Gasteiger partial charge in [-0.05, 0) is 45.3 Å². The van der Waals surface area contributed by atoms with Gasteiger partial charge >= 0.3 is 6.03 Å². The highest BCUT2D eigenvalue weighted by Gasteiger charge is 2.32. The largest absolute Gasteiger partial charge is 0.492 e. The summed E-state index contributed by atoms with van der Waals surface area (Å²) in [5, 5.41) is 3.54. The van der Waals surface area contributed by atoms with Crippen LogP contribution in [0.4, 0.5) is 4.79 Å². The van der Waals surface area contributed by atoms with E-state index in [9.17, 15) is 4.79 Å². The molecule has 0 spiro atoms. The van der Waals surface area contributed by atoms with Gasteiger partial charge in [0, 0.05) is 5.02 Å². The predicted molar refractivity (Wildman–Crippen MR) is 99.1 cm³/mol. The molecule has 0 aromatic heterocycles. The van der Waals surface area contributed by atoms with E-state index in [-0.39, 0.29) is 18.2 Å². The molecular formula is C18H26ClN3O3. The molecule has 1 saturated heterocycles. The second kappa shape index (κ2) is 8.97. The SMILES string of the molecule is C=C(CN(C)C)OC(C)CNC(=O)N1CC(Oc2ccc(Cl)cc2)C1. The number of likely N-dealkylation sites (tertiary alicyclic amines) is 1. The average molecular weight is 368 g/mol. The molecule has 6 nitrogen and oxygen atoms in total. The van der Waals surface area contributed by atoms with Crippen LogP contribution in [0.15, 0.2) is 36.6 Å². The standard InChI is InChI=1S/C18H26ClN3O3/c1-13(24-14(2)10-21(3)4)9-20-18(23)22-11-17(12-22)25-16-7-5-15(19)6-8-16/h5-8,13,17H,2,9-12H2,1,3-4H3,(H,20,23). The van der Waals surface area contributed by atoms with Crippen molar-refractivity contribution in [2.45, 2.75) is 19.1 Å². The van der Waals surface area contributed by atoms with Gasteiger partial charge in [-0.15, -0.1) is 0 Å². The summed E-state index contributed by atoms with van der Waals surface area (Å²) in [7, 11) is 3.90. The van der Waals surface area contributed by atoms with Gasteiger partial charge in [-0.2, -0.15) is 0 Å². The van der Waals surface area contributed by atoms with Crippen molar-refractivity contribution in [1.29, 1.82) is 0 Å². The molecule has 1 N–H and O–H groups in total. The molecule has 1 aliphatic rings. The molecule has 1 unspecified atom stereocenters. The zero-order chi connectivity index (χ0) is 18.4. The molecule has 0 saturated carbocycles. The van der Waals surface area contributed by atoms with Gasteiger partial charge in [0.2, 0.25) is 0 Å². The minimum Gasteiger partial charge on any atom is -0.492 e. The first kappa shape index (κ1) is 19.4. The van der Waals surface area contributed by atoms with Gasteiger partial charge in [0.1, 0.15) is 23.7 Å². The lowest BCUT2D eigenvalue weighted by atomic mass is 10.2. The topological polar surface area (TPSA) is 54.0 Å². The maximum atomic E-state index is 12.1. The summed E-state index contributed by atoms with van der Waals surface area (Å²) >= 11 is 5.84. The fourth-order valence-electron chi connectivity index (χ4n) is 2.44. The molecule has 0 aliphatic carbocycles. The number of benzene rings is 1. The van der Waals surface area contributed by atoms with Crippen LogP contribution < -0.4 is 10.1 Å². The number of halogens is 1. The van der Waals surface area contributed by atoms with E-state index in [1.54, 1.807) is 17.0 Å². The highest BCUT2D eigenvalue weighted by atomic mass is 35.5. The molecular weight excluding hydrogens is 342 g/mol. The number of hydrogen-bond acceptors (Lipinski definition) is 4. The first-order chi connectivity index (χ1) is 11.8. The Morgan fingerprint density at radius 3 is 2.64 bits per heavy atom. The normalized spacial score (nSPS) is 15.5. The third-order valence-corrected chi connectivity index (χ3v) is 3.90. The van der Waals surface area contributed by atoms with E-state index in [0.717, 1.165) is 5.75 Å². The van der Waals surface area contributed by atoms with E-state index in [1.807, 2.05) is 38.1 Å². The van der Waals surface area contributed by atoms with E-state index in [4.69, 9.17) is 21.1 Å². The van der Waals surface area contributed by atoms with Gasteiger partial charge in [-0.25, -0.2) is 4.79 Å². The zero-order valence-corrected chi connectivity index (χ0v) is 15.8. The Balaban J connectivity index is 1.63. The highest BCUT2D eigenvalue weighted by Crippen LogP contribution is 2.20. The minimum atomic E-state index is -0.126. The third kappa shape index (κ3) is 6.48. The molecule has 1 aromatic carbocycles. The predicted octanol–water partition coefficient (Wildman–Crippen LogP) is 2.59. The molecule has 2 rings (SSSR count). The summed E-state index contributed by atoms with van der Waals surface area (Å²) in [6.45, 7) is 8.00. The van der Waals surface area contributed by atoms with E-state index < -0.39 is 0 Å². The van der Waals surface area contributed by atoms with Crippen LogP contribution in [0.1, 0.15) is 6.92 Å². The van der Waals surface area contributed by atoms with Crippen molar-refractivity contribution < 1.29 is 14.3 Å². The van der Waals surface area contributed by atoms with Crippen molar-refractivity contribution in [2.75, 3.05) is 40.3 Å². The van der Waals surface area contributed by atoms with Gasteiger partial charge in [0.05, 0.1) is 26.2 Å². The van der Waals surface area contributed by atoms with Crippen LogP contribution in [0.5, 0.6) is 5.75 Å². The maximum Gasteiger partial charge on any atom is 0.317 e. The Kier molecular flexibility index (Phi) is 6.96. The monoisotopic (exact) mass is 367 g/mol. The summed E-state index contributed by atoms with van der Waals surface area (Å²) in [4.78, 5) is 15.8. The Morgan fingerprint density at radius 1 is 1.40 bits per heavy atom. The number of ether oxygens (including phenoxy) is 2.